The normalized spacial score (nSPS) is 10.7. The van der Waals surface area contributed by atoms with Crippen LogP contribution in [0.3, 0.4) is 0 Å². The largest absolute Gasteiger partial charge is 0.363 e. The first kappa shape index (κ1) is 13.3. The standard InChI is InChI=1S/C11H10N6O3/c1-7-10(13-11(18)16-14-7)15-12-6-8-2-4-9(5-3-8)17(19)20/h2-6H,1H3,(H2,13,15,16,18). The number of anilines is 1. The molecule has 9 heteroatoms. The Morgan fingerprint density at radius 2 is 2.10 bits per heavy atom. The molecule has 9 nitrogen and oxygen atoms in total. The molecule has 20 heavy (non-hydrogen) atoms. The number of non-ortho nitro benzene ring substituents is 1. The van der Waals surface area contributed by atoms with Crippen LogP contribution in [0.25, 0.3) is 0 Å². The minimum absolute atomic E-state index is 0.00594. The highest BCUT2D eigenvalue weighted by molar-refractivity contribution is 5.80. The maximum atomic E-state index is 11.0. The van der Waals surface area contributed by atoms with Crippen molar-refractivity contribution in [3.8, 4) is 0 Å². The molecule has 2 rings (SSSR count). The number of aryl methyl sites for hydroxylation is 1. The van der Waals surface area contributed by atoms with Gasteiger partial charge in [-0.25, -0.2) is 9.89 Å². The quantitative estimate of drug-likeness (QED) is 0.483. The van der Waals surface area contributed by atoms with Gasteiger partial charge in [0.1, 0.15) is 5.69 Å². The number of nitro groups is 1. The summed E-state index contributed by atoms with van der Waals surface area (Å²) in [4.78, 5) is 24.7. The molecule has 0 unspecified atom stereocenters. The highest BCUT2D eigenvalue weighted by Crippen LogP contribution is 2.10. The molecule has 1 heterocycles. The first-order valence-corrected chi connectivity index (χ1v) is 5.53. The van der Waals surface area contributed by atoms with Gasteiger partial charge in [-0.2, -0.15) is 15.2 Å². The lowest BCUT2D eigenvalue weighted by atomic mass is 10.2. The van der Waals surface area contributed by atoms with E-state index in [2.05, 4.69) is 25.7 Å². The van der Waals surface area contributed by atoms with Crippen molar-refractivity contribution in [1.82, 2.24) is 15.2 Å². The van der Waals surface area contributed by atoms with E-state index in [1.54, 1.807) is 19.1 Å². The molecule has 2 aromatic rings. The van der Waals surface area contributed by atoms with Crippen molar-refractivity contribution in [2.45, 2.75) is 6.92 Å². The summed E-state index contributed by atoms with van der Waals surface area (Å²) in [6, 6.07) is 5.86. The zero-order chi connectivity index (χ0) is 14.5. The van der Waals surface area contributed by atoms with Crippen molar-refractivity contribution in [3.63, 3.8) is 0 Å². The molecule has 0 amide bonds. The SMILES string of the molecule is Cc1n[nH]c(=O)nc1NN=Cc1ccc([N+](=O)[O-])cc1. The number of H-pyrrole nitrogens is 1. The predicted octanol–water partition coefficient (Wildman–Crippen LogP) is 0.828. The summed E-state index contributed by atoms with van der Waals surface area (Å²) in [5.74, 6) is 0.243. The molecule has 0 aliphatic heterocycles. The zero-order valence-corrected chi connectivity index (χ0v) is 10.4. The highest BCUT2D eigenvalue weighted by atomic mass is 16.6. The fourth-order valence-corrected chi connectivity index (χ4v) is 1.35. The first-order chi connectivity index (χ1) is 9.56. The predicted molar refractivity (Wildman–Crippen MR) is 71.7 cm³/mol. The van der Waals surface area contributed by atoms with Crippen LogP contribution in [-0.2, 0) is 0 Å². The van der Waals surface area contributed by atoms with Gasteiger partial charge in [0.25, 0.3) is 5.69 Å². The van der Waals surface area contributed by atoms with Gasteiger partial charge < -0.3 is 0 Å². The Hall–Kier alpha value is -3.10. The number of nitro benzene ring substituents is 1. The molecule has 1 aromatic carbocycles. The Kier molecular flexibility index (Phi) is 3.80. The van der Waals surface area contributed by atoms with Crippen LogP contribution in [0.2, 0.25) is 0 Å². The Bertz CT molecular complexity index is 707. The van der Waals surface area contributed by atoms with Gasteiger partial charge in [-0.3, -0.25) is 15.5 Å². The summed E-state index contributed by atoms with van der Waals surface area (Å²) in [6.07, 6.45) is 1.45. The first-order valence-electron chi connectivity index (χ1n) is 5.53. The minimum atomic E-state index is -0.580. The van der Waals surface area contributed by atoms with Crippen molar-refractivity contribution >= 4 is 17.7 Å². The van der Waals surface area contributed by atoms with E-state index in [0.29, 0.717) is 11.3 Å². The number of nitrogens with zero attached hydrogens (tertiary/aromatic N) is 4. The van der Waals surface area contributed by atoms with Gasteiger partial charge in [0.05, 0.1) is 11.1 Å². The Morgan fingerprint density at radius 3 is 2.75 bits per heavy atom. The molecule has 0 fully saturated rings. The molecule has 0 radical (unpaired) electrons. The summed E-state index contributed by atoms with van der Waals surface area (Å²) < 4.78 is 0. The molecular formula is C11H10N6O3. The smallest absolute Gasteiger partial charge is 0.260 e. The molecule has 2 N–H and O–H groups in total. The van der Waals surface area contributed by atoms with E-state index in [0.717, 1.165) is 0 Å². The Labute approximate surface area is 112 Å². The number of hydrogen-bond donors (Lipinski definition) is 2. The van der Waals surface area contributed by atoms with Crippen molar-refractivity contribution < 1.29 is 4.92 Å². The summed E-state index contributed by atoms with van der Waals surface area (Å²) in [6.45, 7) is 1.66. The van der Waals surface area contributed by atoms with Crippen molar-refractivity contribution in [2.24, 2.45) is 5.10 Å². The van der Waals surface area contributed by atoms with Gasteiger partial charge in [0, 0.05) is 12.1 Å². The Balaban J connectivity index is 2.08. The molecule has 0 aliphatic rings. The van der Waals surface area contributed by atoms with Crippen LogP contribution in [0.4, 0.5) is 11.5 Å². The number of aromatic nitrogens is 3. The fraction of sp³-hybridized carbons (Fsp3) is 0.0909. The maximum absolute atomic E-state index is 11.0. The van der Waals surface area contributed by atoms with Gasteiger partial charge in [0.15, 0.2) is 5.82 Å². The third kappa shape index (κ3) is 3.22. The molecule has 0 atom stereocenters. The van der Waals surface area contributed by atoms with Crippen LogP contribution < -0.4 is 11.1 Å². The second-order valence-electron chi connectivity index (χ2n) is 3.79. The molecule has 0 spiro atoms. The van der Waals surface area contributed by atoms with E-state index in [-0.39, 0.29) is 11.5 Å². The average Bonchev–Trinajstić information content (AvgIpc) is 2.43. The van der Waals surface area contributed by atoms with Gasteiger partial charge in [-0.05, 0) is 24.6 Å². The van der Waals surface area contributed by atoms with E-state index in [4.69, 9.17) is 0 Å². The number of aromatic amines is 1. The van der Waals surface area contributed by atoms with Crippen LogP contribution in [0.15, 0.2) is 34.2 Å². The number of benzene rings is 1. The average molecular weight is 274 g/mol. The van der Waals surface area contributed by atoms with E-state index in [9.17, 15) is 14.9 Å². The van der Waals surface area contributed by atoms with E-state index in [1.807, 2.05) is 0 Å². The summed E-state index contributed by atoms with van der Waals surface area (Å²) >= 11 is 0. The number of rotatable bonds is 4. The van der Waals surface area contributed by atoms with Gasteiger partial charge in [0.2, 0.25) is 0 Å². The van der Waals surface area contributed by atoms with Crippen LogP contribution in [0.1, 0.15) is 11.3 Å². The molecule has 1 aromatic heterocycles. The topological polar surface area (TPSA) is 126 Å². The lowest BCUT2D eigenvalue weighted by Gasteiger charge is -2.00. The van der Waals surface area contributed by atoms with Gasteiger partial charge in [-0.15, -0.1) is 0 Å². The van der Waals surface area contributed by atoms with E-state index in [1.165, 1.54) is 18.3 Å². The van der Waals surface area contributed by atoms with Crippen molar-refractivity contribution in [1.29, 1.82) is 0 Å². The van der Waals surface area contributed by atoms with Crippen molar-refractivity contribution in [2.75, 3.05) is 5.43 Å². The second-order valence-corrected chi connectivity index (χ2v) is 3.79. The monoisotopic (exact) mass is 274 g/mol. The van der Waals surface area contributed by atoms with Crippen LogP contribution in [-0.4, -0.2) is 26.3 Å². The minimum Gasteiger partial charge on any atom is -0.260 e. The summed E-state index contributed by atoms with van der Waals surface area (Å²) in [5.41, 5.74) is 3.16. The summed E-state index contributed by atoms with van der Waals surface area (Å²) in [5, 5.41) is 20.3. The molecule has 102 valence electrons. The lowest BCUT2D eigenvalue weighted by molar-refractivity contribution is -0.384. The Morgan fingerprint density at radius 1 is 1.40 bits per heavy atom. The third-order valence-corrected chi connectivity index (χ3v) is 2.36. The number of hydrazone groups is 1. The van der Waals surface area contributed by atoms with Gasteiger partial charge in [-0.1, -0.05) is 0 Å². The van der Waals surface area contributed by atoms with Crippen LogP contribution in [0.5, 0.6) is 0 Å². The van der Waals surface area contributed by atoms with Crippen LogP contribution in [0, 0.1) is 17.0 Å². The van der Waals surface area contributed by atoms with E-state index < -0.39 is 10.6 Å². The fourth-order valence-electron chi connectivity index (χ4n) is 1.35. The molecule has 0 saturated carbocycles. The van der Waals surface area contributed by atoms with Crippen molar-refractivity contribution in [3.05, 3.63) is 56.1 Å². The number of hydrogen-bond acceptors (Lipinski definition) is 7. The van der Waals surface area contributed by atoms with Gasteiger partial charge >= 0.3 is 5.69 Å². The molecule has 0 bridgehead atoms. The maximum Gasteiger partial charge on any atom is 0.363 e. The summed E-state index contributed by atoms with van der Waals surface area (Å²) in [7, 11) is 0. The van der Waals surface area contributed by atoms with Crippen LogP contribution >= 0.6 is 0 Å². The highest BCUT2D eigenvalue weighted by Gasteiger charge is 2.03. The molecular weight excluding hydrogens is 264 g/mol. The lowest BCUT2D eigenvalue weighted by Crippen LogP contribution is -2.15. The zero-order valence-electron chi connectivity index (χ0n) is 10.4. The third-order valence-electron chi connectivity index (χ3n) is 2.36. The van der Waals surface area contributed by atoms with E-state index >= 15 is 0 Å². The molecule has 0 aliphatic carbocycles. The molecule has 0 saturated heterocycles. The number of nitrogens with one attached hydrogen (secondary N) is 2. The second kappa shape index (κ2) is 5.69.